The molecule has 0 bridgehead atoms. The van der Waals surface area contributed by atoms with E-state index < -0.39 is 11.7 Å². The smallest absolute Gasteiger partial charge is 0.417 e. The molecule has 130 valence electrons. The van der Waals surface area contributed by atoms with E-state index in [0.717, 1.165) is 18.0 Å². The summed E-state index contributed by atoms with van der Waals surface area (Å²) in [5, 5.41) is 3.52. The molecule has 2 aromatic heterocycles. The van der Waals surface area contributed by atoms with Crippen LogP contribution in [-0.4, -0.2) is 27.6 Å². The second-order valence-corrected chi connectivity index (χ2v) is 5.45. The van der Waals surface area contributed by atoms with Crippen molar-refractivity contribution in [2.24, 2.45) is 0 Å². The Kier molecular flexibility index (Phi) is 5.82. The van der Waals surface area contributed by atoms with E-state index in [4.69, 9.17) is 16.3 Å². The summed E-state index contributed by atoms with van der Waals surface area (Å²) in [4.78, 5) is 11.8. The van der Waals surface area contributed by atoms with Crippen LogP contribution in [0.5, 0.6) is 5.88 Å². The van der Waals surface area contributed by atoms with Gasteiger partial charge in [-0.25, -0.2) is 15.0 Å². The maximum atomic E-state index is 12.5. The number of hydrogen-bond acceptors (Lipinski definition) is 5. The Balaban J connectivity index is 1.93. The number of aromatic nitrogens is 3. The van der Waals surface area contributed by atoms with Gasteiger partial charge < -0.3 is 10.1 Å². The van der Waals surface area contributed by atoms with Crippen molar-refractivity contribution in [2.45, 2.75) is 32.5 Å². The third kappa shape index (κ3) is 4.70. The molecule has 0 unspecified atom stereocenters. The van der Waals surface area contributed by atoms with E-state index in [2.05, 4.69) is 20.3 Å². The Hall–Kier alpha value is -2.09. The summed E-state index contributed by atoms with van der Waals surface area (Å²) in [6, 6.07) is 1.92. The monoisotopic (exact) mass is 360 g/mol. The number of ether oxygens (including phenoxy) is 1. The van der Waals surface area contributed by atoms with Crippen molar-refractivity contribution in [1.29, 1.82) is 0 Å². The maximum absolute atomic E-state index is 12.5. The molecule has 1 atom stereocenters. The zero-order valence-electron chi connectivity index (χ0n) is 13.1. The zero-order chi connectivity index (χ0) is 17.7. The Morgan fingerprint density at radius 1 is 1.25 bits per heavy atom. The number of aryl methyl sites for hydroxylation is 1. The van der Waals surface area contributed by atoms with E-state index in [1.54, 1.807) is 0 Å². The van der Waals surface area contributed by atoms with Crippen molar-refractivity contribution in [3.8, 4) is 5.88 Å². The van der Waals surface area contributed by atoms with Crippen molar-refractivity contribution in [3.63, 3.8) is 0 Å². The van der Waals surface area contributed by atoms with Gasteiger partial charge in [0.25, 0.3) is 0 Å². The topological polar surface area (TPSA) is 59.9 Å². The highest BCUT2D eigenvalue weighted by Crippen LogP contribution is 2.29. The molecule has 9 heteroatoms. The highest BCUT2D eigenvalue weighted by molar-refractivity contribution is 6.33. The Morgan fingerprint density at radius 2 is 2.00 bits per heavy atom. The Labute approximate surface area is 142 Å². The summed E-state index contributed by atoms with van der Waals surface area (Å²) < 4.78 is 42.8. The summed E-state index contributed by atoms with van der Waals surface area (Å²) in [6.07, 6.45) is -1.59. The van der Waals surface area contributed by atoms with E-state index in [-0.39, 0.29) is 18.5 Å². The number of rotatable bonds is 6. The number of anilines is 1. The molecule has 24 heavy (non-hydrogen) atoms. The summed E-state index contributed by atoms with van der Waals surface area (Å²) in [7, 11) is 0. The minimum Gasteiger partial charge on any atom is -0.475 e. The van der Waals surface area contributed by atoms with Crippen molar-refractivity contribution < 1.29 is 17.9 Å². The van der Waals surface area contributed by atoms with Gasteiger partial charge in [0, 0.05) is 12.3 Å². The lowest BCUT2D eigenvalue weighted by Crippen LogP contribution is -2.24. The van der Waals surface area contributed by atoms with Crippen molar-refractivity contribution in [3.05, 3.63) is 40.9 Å². The maximum Gasteiger partial charge on any atom is 0.417 e. The molecule has 0 aliphatic rings. The van der Waals surface area contributed by atoms with Crippen molar-refractivity contribution in [1.82, 2.24) is 15.0 Å². The van der Waals surface area contributed by atoms with Crippen LogP contribution in [0.3, 0.4) is 0 Å². The predicted octanol–water partition coefficient (Wildman–Crippen LogP) is 3.99. The normalized spacial score (nSPS) is 12.8. The molecule has 0 spiro atoms. The second-order valence-electron chi connectivity index (χ2n) is 5.08. The Morgan fingerprint density at radius 3 is 2.58 bits per heavy atom. The van der Waals surface area contributed by atoms with E-state index in [0.29, 0.717) is 17.3 Å². The van der Waals surface area contributed by atoms with Gasteiger partial charge in [-0.15, -0.1) is 0 Å². The quantitative estimate of drug-likeness (QED) is 0.844. The average Bonchev–Trinajstić information content (AvgIpc) is 2.54. The fourth-order valence-electron chi connectivity index (χ4n) is 1.87. The molecule has 5 nitrogen and oxygen atoms in total. The first kappa shape index (κ1) is 18.3. The second kappa shape index (κ2) is 7.65. The average molecular weight is 361 g/mol. The number of hydrogen-bond donors (Lipinski definition) is 1. The molecule has 0 saturated carbocycles. The first-order valence-corrected chi connectivity index (χ1v) is 7.61. The van der Waals surface area contributed by atoms with Gasteiger partial charge in [-0.05, 0) is 19.4 Å². The van der Waals surface area contributed by atoms with Crippen LogP contribution >= 0.6 is 11.6 Å². The van der Waals surface area contributed by atoms with Crippen molar-refractivity contribution >= 4 is 17.4 Å². The molecule has 0 aliphatic heterocycles. The fraction of sp³-hybridized carbons (Fsp3) is 0.400. The largest absolute Gasteiger partial charge is 0.475 e. The number of halogens is 4. The summed E-state index contributed by atoms with van der Waals surface area (Å²) in [5.41, 5.74) is -0.0902. The summed E-state index contributed by atoms with van der Waals surface area (Å²) >= 11 is 6.18. The van der Waals surface area contributed by atoms with Crippen LogP contribution in [0, 0.1) is 0 Å². The van der Waals surface area contributed by atoms with Crippen LogP contribution in [0.2, 0.25) is 5.02 Å². The molecule has 2 aromatic rings. The molecule has 0 aromatic carbocycles. The van der Waals surface area contributed by atoms with Gasteiger partial charge in [0.05, 0.1) is 17.3 Å². The van der Waals surface area contributed by atoms with Crippen molar-refractivity contribution in [2.75, 3.05) is 11.9 Å². The van der Waals surface area contributed by atoms with E-state index in [9.17, 15) is 13.2 Å². The van der Waals surface area contributed by atoms with Crippen LogP contribution < -0.4 is 10.1 Å². The lowest BCUT2D eigenvalue weighted by Gasteiger charge is -2.16. The summed E-state index contributed by atoms with van der Waals surface area (Å²) in [6.45, 7) is 3.94. The van der Waals surface area contributed by atoms with Crippen LogP contribution in [-0.2, 0) is 12.6 Å². The molecule has 0 amide bonds. The van der Waals surface area contributed by atoms with E-state index >= 15 is 0 Å². The molecule has 0 aliphatic carbocycles. The van der Waals surface area contributed by atoms with Gasteiger partial charge in [-0.3, -0.25) is 0 Å². The Bertz CT molecular complexity index is 679. The number of pyridine rings is 1. The molecule has 1 N–H and O–H groups in total. The number of alkyl halides is 3. The predicted molar refractivity (Wildman–Crippen MR) is 84.2 cm³/mol. The van der Waals surface area contributed by atoms with Gasteiger partial charge >= 0.3 is 6.18 Å². The first-order valence-electron chi connectivity index (χ1n) is 7.23. The zero-order valence-corrected chi connectivity index (χ0v) is 13.8. The molecule has 0 fully saturated rings. The van der Waals surface area contributed by atoms with Gasteiger partial charge in [0.15, 0.2) is 0 Å². The highest BCUT2D eigenvalue weighted by atomic mass is 35.5. The lowest BCUT2D eigenvalue weighted by atomic mass is 10.3. The van der Waals surface area contributed by atoms with E-state index in [1.165, 1.54) is 12.4 Å². The van der Waals surface area contributed by atoms with Crippen LogP contribution in [0.4, 0.5) is 19.0 Å². The van der Waals surface area contributed by atoms with Crippen LogP contribution in [0.25, 0.3) is 0 Å². The number of nitrogens with zero attached hydrogens (tertiary/aromatic N) is 3. The summed E-state index contributed by atoms with van der Waals surface area (Å²) in [5.74, 6) is 0.597. The minimum atomic E-state index is -4.42. The first-order chi connectivity index (χ1) is 11.3. The van der Waals surface area contributed by atoms with Gasteiger partial charge in [0.1, 0.15) is 23.8 Å². The van der Waals surface area contributed by atoms with Crippen LogP contribution in [0.1, 0.15) is 25.1 Å². The van der Waals surface area contributed by atoms with Gasteiger partial charge in [0.2, 0.25) is 5.88 Å². The third-order valence-electron chi connectivity index (χ3n) is 3.12. The number of nitrogens with one attached hydrogen (secondary N) is 1. The lowest BCUT2D eigenvalue weighted by molar-refractivity contribution is -0.137. The molecular weight excluding hydrogens is 345 g/mol. The third-order valence-corrected chi connectivity index (χ3v) is 3.52. The van der Waals surface area contributed by atoms with E-state index in [1.807, 2.05) is 13.8 Å². The SMILES string of the molecule is CCc1ncnc(N[C@@H](C)COc2ccc(C(F)(F)F)cn2)c1Cl. The van der Waals surface area contributed by atoms with Gasteiger partial charge in [-0.2, -0.15) is 13.2 Å². The minimum absolute atomic E-state index is 0.111. The molecule has 0 radical (unpaired) electrons. The van der Waals surface area contributed by atoms with Gasteiger partial charge in [-0.1, -0.05) is 18.5 Å². The molecule has 2 heterocycles. The standard InChI is InChI=1S/C15H16ClF3N4O/c1-3-11-13(16)14(22-8-21-11)23-9(2)7-24-12-5-4-10(6-20-12)15(17,18)19/h4-6,8-9H,3,7H2,1-2H3,(H,21,22,23)/t9-/m0/s1. The highest BCUT2D eigenvalue weighted by Gasteiger charge is 2.30. The molecule has 2 rings (SSSR count). The molecular formula is C15H16ClF3N4O. The van der Waals surface area contributed by atoms with Crippen LogP contribution in [0.15, 0.2) is 24.7 Å². The molecule has 0 saturated heterocycles. The fourth-order valence-corrected chi connectivity index (χ4v) is 2.16.